The van der Waals surface area contributed by atoms with Crippen molar-refractivity contribution in [2.24, 2.45) is 0 Å². The van der Waals surface area contributed by atoms with Crippen LogP contribution in [0.4, 0.5) is 0 Å². The van der Waals surface area contributed by atoms with E-state index in [4.69, 9.17) is 0 Å². The smallest absolute Gasteiger partial charge is 0 e. The predicted octanol–water partition coefficient (Wildman–Crippen LogP) is -2.67. The molecule has 0 N–H and O–H groups in total. The van der Waals surface area contributed by atoms with Gasteiger partial charge in [-0.05, 0) is 0 Å². The molecule has 0 fully saturated rings. The first-order valence-corrected chi connectivity index (χ1v) is 0. The summed E-state index contributed by atoms with van der Waals surface area (Å²) in [5, 5.41) is 0. The molecule has 0 amide bonds. The maximum absolute atomic E-state index is 0. The summed E-state index contributed by atoms with van der Waals surface area (Å²) in [7, 11) is 0. The van der Waals surface area contributed by atoms with Crippen LogP contribution in [0.2, 0.25) is 0 Å². The van der Waals surface area contributed by atoms with E-state index in [1.165, 1.54) is 0 Å². The summed E-state index contributed by atoms with van der Waals surface area (Å²) in [4.78, 5) is 0. The normalized spacial score (nSPS) is 0. The Bertz CT molecular complexity index is 8.81. The van der Waals surface area contributed by atoms with Gasteiger partial charge in [-0.15, -0.1) is 0 Å². The molecule has 40 valence electrons. The second kappa shape index (κ2) is 62.4. The van der Waals surface area contributed by atoms with Gasteiger partial charge in [0, 0.05) is 290 Å². The van der Waals surface area contributed by atoms with Gasteiger partial charge in [0.15, 0.2) is 0 Å². The van der Waals surface area contributed by atoms with Crippen LogP contribution in [0.1, 0.15) is 0 Å². The molecular formula is Nd3Sn7. The summed E-state index contributed by atoms with van der Waals surface area (Å²) in [6.45, 7) is 0. The van der Waals surface area contributed by atoms with Gasteiger partial charge in [0.25, 0.3) is 0 Å². The molecule has 0 aliphatic carbocycles. The first-order chi connectivity index (χ1) is 0. The van der Waals surface area contributed by atoms with E-state index in [2.05, 4.69) is 0 Å². The molecule has 0 saturated carbocycles. The molecule has 28 radical (unpaired) electrons. The van der Waals surface area contributed by atoms with E-state index in [1.807, 2.05) is 0 Å². The molecule has 0 aromatic heterocycles. The van der Waals surface area contributed by atoms with Gasteiger partial charge in [-0.2, -0.15) is 0 Å². The van der Waals surface area contributed by atoms with Crippen molar-refractivity contribution in [2.75, 3.05) is 0 Å². The standard InChI is InChI=1S/3Nd.7Sn. The van der Waals surface area contributed by atoms with E-state index in [1.54, 1.807) is 0 Å². The average molecular weight is 1260 g/mol. The van der Waals surface area contributed by atoms with Crippen molar-refractivity contribution >= 4 is 167 Å². The Hall–Kier alpha value is 9.64. The topological polar surface area (TPSA) is 0 Å². The zero-order valence-corrected chi connectivity index (χ0v) is 34.6. The van der Waals surface area contributed by atoms with E-state index in [-0.39, 0.29) is 290 Å². The van der Waals surface area contributed by atoms with Crippen molar-refractivity contribution in [3.8, 4) is 0 Å². The predicted molar refractivity (Wildman–Crippen MR) is 40.3 cm³/mol. The summed E-state index contributed by atoms with van der Waals surface area (Å²) in [6.07, 6.45) is 0. The SMILES string of the molecule is [Nd].[Nd].[Nd].[Sn].[Sn].[Sn].[Sn].[Sn].[Sn].[Sn]. The first kappa shape index (κ1) is 73.4. The van der Waals surface area contributed by atoms with Gasteiger partial charge in [-0.1, -0.05) is 0 Å². The van der Waals surface area contributed by atoms with Crippen LogP contribution in [-0.4, -0.2) is 167 Å². The van der Waals surface area contributed by atoms with Crippen LogP contribution in [0.15, 0.2) is 0 Å². The molecular weight excluding hydrogens is 1260 g/mol. The van der Waals surface area contributed by atoms with Crippen LogP contribution in [0.3, 0.4) is 0 Å². The van der Waals surface area contributed by atoms with Crippen molar-refractivity contribution in [1.29, 1.82) is 0 Å². The molecule has 0 unspecified atom stereocenters. The van der Waals surface area contributed by atoms with Crippen LogP contribution < -0.4 is 0 Å². The minimum Gasteiger partial charge on any atom is 0 e. The average Bonchev–Trinajstić information content (AvgIpc) is 0. The Morgan fingerprint density at radius 3 is 0.200 bits per heavy atom. The van der Waals surface area contributed by atoms with Gasteiger partial charge in [0.1, 0.15) is 0 Å². The fourth-order valence-electron chi connectivity index (χ4n) is 0. The van der Waals surface area contributed by atoms with Crippen LogP contribution in [0.5, 0.6) is 0 Å². The molecule has 0 aliphatic rings. The van der Waals surface area contributed by atoms with Gasteiger partial charge in [-0.3, -0.25) is 0 Å². The first-order valence-electron chi connectivity index (χ1n) is 0. The van der Waals surface area contributed by atoms with Gasteiger partial charge < -0.3 is 0 Å². The molecule has 0 rings (SSSR count). The zero-order chi connectivity index (χ0) is 0. The molecule has 0 bridgehead atoms. The van der Waals surface area contributed by atoms with E-state index in [0.717, 1.165) is 0 Å². The summed E-state index contributed by atoms with van der Waals surface area (Å²) in [5.41, 5.74) is 0. The fraction of sp³-hybridized carbons (Fsp3) is 0. The van der Waals surface area contributed by atoms with Crippen molar-refractivity contribution in [1.82, 2.24) is 0 Å². The maximum atomic E-state index is 0. The Balaban J connectivity index is 0. The van der Waals surface area contributed by atoms with Crippen molar-refractivity contribution in [3.05, 3.63) is 0 Å². The summed E-state index contributed by atoms with van der Waals surface area (Å²) < 4.78 is 0. The minimum absolute atomic E-state index is 0. The third-order valence-electron chi connectivity index (χ3n) is 0. The molecule has 10 heteroatoms. The Kier molecular flexibility index (Phi) is 458. The largest absolute Gasteiger partial charge is 0 e. The molecule has 0 aliphatic heterocycles. The molecule has 0 nitrogen and oxygen atoms in total. The van der Waals surface area contributed by atoms with Gasteiger partial charge >= 0.3 is 0 Å². The Labute approximate surface area is 280 Å². The molecule has 0 atom stereocenters. The molecule has 0 spiro atoms. The zero-order valence-electron chi connectivity index (χ0n) is 5.00. The summed E-state index contributed by atoms with van der Waals surface area (Å²) in [6, 6.07) is 0. The third-order valence-corrected chi connectivity index (χ3v) is 0. The quantitative estimate of drug-likeness (QED) is 0.233. The van der Waals surface area contributed by atoms with Gasteiger partial charge in [0.05, 0.1) is 0 Å². The number of rotatable bonds is 0. The molecule has 0 heterocycles. The van der Waals surface area contributed by atoms with Crippen LogP contribution in [0.25, 0.3) is 0 Å². The maximum Gasteiger partial charge on any atom is 0 e. The van der Waals surface area contributed by atoms with Crippen molar-refractivity contribution in [3.63, 3.8) is 0 Å². The van der Waals surface area contributed by atoms with Crippen LogP contribution in [0, 0.1) is 123 Å². The Morgan fingerprint density at radius 2 is 0.200 bits per heavy atom. The van der Waals surface area contributed by atoms with Crippen LogP contribution >= 0.6 is 0 Å². The van der Waals surface area contributed by atoms with Crippen molar-refractivity contribution in [2.45, 2.75) is 0 Å². The molecule has 0 aromatic rings. The van der Waals surface area contributed by atoms with E-state index < -0.39 is 0 Å². The number of hydrogen-bond donors (Lipinski definition) is 0. The second-order valence-corrected chi connectivity index (χ2v) is 0. The van der Waals surface area contributed by atoms with Gasteiger partial charge in [-0.25, -0.2) is 0 Å². The minimum atomic E-state index is 0. The monoisotopic (exact) mass is 1270 g/mol. The molecule has 0 saturated heterocycles. The number of hydrogen-bond acceptors (Lipinski definition) is 0. The summed E-state index contributed by atoms with van der Waals surface area (Å²) >= 11 is 0. The van der Waals surface area contributed by atoms with E-state index in [9.17, 15) is 0 Å². The van der Waals surface area contributed by atoms with Gasteiger partial charge in [0.2, 0.25) is 0 Å². The second-order valence-electron chi connectivity index (χ2n) is 0. The van der Waals surface area contributed by atoms with Crippen molar-refractivity contribution < 1.29 is 123 Å². The van der Waals surface area contributed by atoms with Crippen LogP contribution in [-0.2, 0) is 0 Å². The fourth-order valence-corrected chi connectivity index (χ4v) is 0. The van der Waals surface area contributed by atoms with E-state index >= 15 is 0 Å². The summed E-state index contributed by atoms with van der Waals surface area (Å²) in [5.74, 6) is 0. The molecule has 0 aromatic carbocycles. The Morgan fingerprint density at radius 1 is 0.200 bits per heavy atom. The van der Waals surface area contributed by atoms with E-state index in [0.29, 0.717) is 0 Å². The third kappa shape index (κ3) is 52.6. The molecule has 10 heavy (non-hydrogen) atoms.